The molecule has 1 rings (SSSR count). The van der Waals surface area contributed by atoms with Crippen molar-refractivity contribution in [3.05, 3.63) is 24.3 Å². The Bertz CT molecular complexity index is 479. The maximum Gasteiger partial charge on any atom is 0.573 e. The zero-order chi connectivity index (χ0) is 13.3. The van der Waals surface area contributed by atoms with Crippen LogP contribution in [0.4, 0.5) is 13.2 Å². The van der Waals surface area contributed by atoms with Crippen molar-refractivity contribution < 1.29 is 26.3 Å². The van der Waals surface area contributed by atoms with Crippen LogP contribution in [0.5, 0.6) is 5.75 Å². The smallest absolute Gasteiger partial charge is 0.406 e. The van der Waals surface area contributed by atoms with E-state index < -0.39 is 22.1 Å². The predicted octanol–water partition coefficient (Wildman–Crippen LogP) is 1.84. The highest BCUT2D eigenvalue weighted by atomic mass is 32.2. The lowest BCUT2D eigenvalue weighted by Gasteiger charge is -2.12. The number of halogens is 3. The van der Waals surface area contributed by atoms with Gasteiger partial charge in [0.05, 0.1) is 4.90 Å². The zero-order valence-electron chi connectivity index (χ0n) is 9.02. The number of rotatable bonds is 3. The average Bonchev–Trinajstić information content (AvgIpc) is 2.15. The van der Waals surface area contributed by atoms with Crippen molar-refractivity contribution in [1.82, 2.24) is 4.31 Å². The summed E-state index contributed by atoms with van der Waals surface area (Å²) in [7, 11) is -0.983. The second-order valence-corrected chi connectivity index (χ2v) is 5.46. The summed E-state index contributed by atoms with van der Waals surface area (Å²) in [4.78, 5) is -0.1000. The molecule has 0 aliphatic heterocycles. The first-order valence-corrected chi connectivity index (χ1v) is 5.85. The second-order valence-electron chi connectivity index (χ2n) is 3.31. The SMILES string of the molecule is CN(C)S(=O)(=O)c1ccc(OC(F)(F)F)cc1. The minimum absolute atomic E-state index is 0.1000. The quantitative estimate of drug-likeness (QED) is 0.841. The third-order valence-corrected chi connectivity index (χ3v) is 3.67. The van der Waals surface area contributed by atoms with Gasteiger partial charge in [0.15, 0.2) is 0 Å². The van der Waals surface area contributed by atoms with Crippen molar-refractivity contribution in [2.75, 3.05) is 14.1 Å². The summed E-state index contributed by atoms with van der Waals surface area (Å²) in [5.41, 5.74) is 0. The van der Waals surface area contributed by atoms with Gasteiger partial charge in [-0.2, -0.15) is 0 Å². The van der Waals surface area contributed by atoms with Crippen molar-refractivity contribution in [2.24, 2.45) is 0 Å². The van der Waals surface area contributed by atoms with Gasteiger partial charge in [-0.3, -0.25) is 0 Å². The van der Waals surface area contributed by atoms with Gasteiger partial charge >= 0.3 is 6.36 Å². The Balaban J connectivity index is 2.97. The number of hydrogen-bond acceptors (Lipinski definition) is 3. The number of alkyl halides is 3. The maximum absolute atomic E-state index is 11.9. The third kappa shape index (κ3) is 3.60. The molecule has 0 bridgehead atoms. The van der Waals surface area contributed by atoms with Crippen LogP contribution in [0.1, 0.15) is 0 Å². The molecule has 1 aromatic rings. The van der Waals surface area contributed by atoms with Crippen LogP contribution in [-0.4, -0.2) is 33.2 Å². The van der Waals surface area contributed by atoms with E-state index in [0.29, 0.717) is 0 Å². The first-order valence-electron chi connectivity index (χ1n) is 4.41. The molecule has 0 saturated carbocycles. The Morgan fingerprint density at radius 1 is 1.12 bits per heavy atom. The van der Waals surface area contributed by atoms with Gasteiger partial charge in [0.1, 0.15) is 5.75 Å². The molecule has 17 heavy (non-hydrogen) atoms. The first kappa shape index (κ1) is 13.8. The summed E-state index contributed by atoms with van der Waals surface area (Å²) in [5, 5.41) is 0. The number of nitrogens with zero attached hydrogens (tertiary/aromatic N) is 1. The molecular formula is C9H10F3NO3S. The highest BCUT2D eigenvalue weighted by Crippen LogP contribution is 2.24. The number of hydrogen-bond donors (Lipinski definition) is 0. The normalized spacial score (nSPS) is 12.8. The zero-order valence-corrected chi connectivity index (χ0v) is 9.84. The number of sulfonamides is 1. The fourth-order valence-corrected chi connectivity index (χ4v) is 1.93. The van der Waals surface area contributed by atoms with Gasteiger partial charge < -0.3 is 4.74 Å². The van der Waals surface area contributed by atoms with Crippen molar-refractivity contribution in [3.63, 3.8) is 0 Å². The lowest BCUT2D eigenvalue weighted by atomic mass is 10.3. The lowest BCUT2D eigenvalue weighted by Crippen LogP contribution is -2.22. The second kappa shape index (κ2) is 4.53. The molecule has 0 atom stereocenters. The van der Waals surface area contributed by atoms with Crippen LogP contribution in [0.25, 0.3) is 0 Å². The fourth-order valence-electron chi connectivity index (χ4n) is 1.02. The molecule has 0 heterocycles. The number of ether oxygens (including phenoxy) is 1. The minimum atomic E-state index is -4.79. The largest absolute Gasteiger partial charge is 0.573 e. The van der Waals surface area contributed by atoms with Crippen LogP contribution < -0.4 is 4.74 Å². The average molecular weight is 269 g/mol. The van der Waals surface area contributed by atoms with Crippen molar-refractivity contribution >= 4 is 10.0 Å². The summed E-state index contributed by atoms with van der Waals surface area (Å²) in [6.07, 6.45) is -4.79. The van der Waals surface area contributed by atoms with Gasteiger partial charge in [0, 0.05) is 14.1 Å². The standard InChI is InChI=1S/C9H10F3NO3S/c1-13(2)17(14,15)8-5-3-7(4-6-8)16-9(10,11)12/h3-6H,1-2H3. The first-order chi connectivity index (χ1) is 7.63. The van der Waals surface area contributed by atoms with Crippen molar-refractivity contribution in [1.29, 1.82) is 0 Å². The Kier molecular flexibility index (Phi) is 3.68. The molecule has 0 N–H and O–H groups in total. The summed E-state index contributed by atoms with van der Waals surface area (Å²) in [5.74, 6) is -0.463. The predicted molar refractivity (Wildman–Crippen MR) is 54.0 cm³/mol. The van der Waals surface area contributed by atoms with E-state index in [1.807, 2.05) is 0 Å². The van der Waals surface area contributed by atoms with Gasteiger partial charge in [-0.05, 0) is 24.3 Å². The van der Waals surface area contributed by atoms with Crippen molar-refractivity contribution in [2.45, 2.75) is 11.3 Å². The van der Waals surface area contributed by atoms with E-state index >= 15 is 0 Å². The van der Waals surface area contributed by atoms with Crippen LogP contribution in [0.3, 0.4) is 0 Å². The summed E-state index contributed by atoms with van der Waals surface area (Å²) in [6.45, 7) is 0. The van der Waals surface area contributed by atoms with E-state index in [-0.39, 0.29) is 4.90 Å². The van der Waals surface area contributed by atoms with Crippen LogP contribution >= 0.6 is 0 Å². The van der Waals surface area contributed by atoms with E-state index in [0.717, 1.165) is 28.6 Å². The Morgan fingerprint density at radius 2 is 1.59 bits per heavy atom. The molecule has 0 radical (unpaired) electrons. The fraction of sp³-hybridized carbons (Fsp3) is 0.333. The van der Waals surface area contributed by atoms with Crippen molar-refractivity contribution in [3.8, 4) is 5.75 Å². The molecule has 8 heteroatoms. The molecule has 0 saturated heterocycles. The van der Waals surface area contributed by atoms with E-state index in [2.05, 4.69) is 4.74 Å². The molecule has 96 valence electrons. The molecule has 0 aliphatic rings. The van der Waals surface area contributed by atoms with Gasteiger partial charge in [0.2, 0.25) is 10.0 Å². The highest BCUT2D eigenvalue weighted by molar-refractivity contribution is 7.89. The Morgan fingerprint density at radius 3 is 1.94 bits per heavy atom. The van der Waals surface area contributed by atoms with Gasteiger partial charge in [-0.15, -0.1) is 13.2 Å². The van der Waals surface area contributed by atoms with Crippen LogP contribution in [-0.2, 0) is 10.0 Å². The van der Waals surface area contributed by atoms with E-state index in [1.54, 1.807) is 0 Å². The molecule has 0 aliphatic carbocycles. The van der Waals surface area contributed by atoms with E-state index in [4.69, 9.17) is 0 Å². The molecule has 0 fully saturated rings. The van der Waals surface area contributed by atoms with Gasteiger partial charge in [-0.1, -0.05) is 0 Å². The molecule has 0 amide bonds. The van der Waals surface area contributed by atoms with Crippen LogP contribution in [0, 0.1) is 0 Å². The summed E-state index contributed by atoms with van der Waals surface area (Å²) < 4.78 is 63.3. The van der Waals surface area contributed by atoms with Crippen LogP contribution in [0.15, 0.2) is 29.2 Å². The molecular weight excluding hydrogens is 259 g/mol. The Hall–Kier alpha value is -1.28. The summed E-state index contributed by atoms with van der Waals surface area (Å²) in [6, 6.07) is 4.00. The Labute approximate surface area is 96.7 Å². The molecule has 1 aromatic carbocycles. The number of benzene rings is 1. The van der Waals surface area contributed by atoms with Gasteiger partial charge in [0.25, 0.3) is 0 Å². The molecule has 4 nitrogen and oxygen atoms in total. The van der Waals surface area contributed by atoms with E-state index in [9.17, 15) is 21.6 Å². The molecule has 0 aromatic heterocycles. The lowest BCUT2D eigenvalue weighted by molar-refractivity contribution is -0.274. The maximum atomic E-state index is 11.9. The molecule has 0 unspecified atom stereocenters. The summed E-state index contributed by atoms with van der Waals surface area (Å²) >= 11 is 0. The van der Waals surface area contributed by atoms with E-state index in [1.165, 1.54) is 14.1 Å². The molecule has 0 spiro atoms. The highest BCUT2D eigenvalue weighted by Gasteiger charge is 2.31. The van der Waals surface area contributed by atoms with Crippen LogP contribution in [0.2, 0.25) is 0 Å². The monoisotopic (exact) mass is 269 g/mol. The topological polar surface area (TPSA) is 46.6 Å². The van der Waals surface area contributed by atoms with Gasteiger partial charge in [-0.25, -0.2) is 12.7 Å². The minimum Gasteiger partial charge on any atom is -0.406 e. The third-order valence-electron chi connectivity index (χ3n) is 1.84.